The number of carbonyl (C=O) groups excluding carboxylic acids is 2. The van der Waals surface area contributed by atoms with Crippen LogP contribution in [0.1, 0.15) is 19.8 Å². The summed E-state index contributed by atoms with van der Waals surface area (Å²) >= 11 is 0. The molecule has 0 aliphatic carbocycles. The van der Waals surface area contributed by atoms with Gasteiger partial charge in [-0.2, -0.15) is 0 Å². The first-order chi connectivity index (χ1) is 8.61. The highest BCUT2D eigenvalue weighted by Gasteiger charge is 2.37. The lowest BCUT2D eigenvalue weighted by atomic mass is 10.2. The summed E-state index contributed by atoms with van der Waals surface area (Å²) in [6.45, 7) is 2.34. The van der Waals surface area contributed by atoms with Crippen molar-refractivity contribution in [1.82, 2.24) is 9.88 Å². The Morgan fingerprint density at radius 1 is 1.50 bits per heavy atom. The van der Waals surface area contributed by atoms with Gasteiger partial charge in [0, 0.05) is 6.54 Å². The highest BCUT2D eigenvalue weighted by molar-refractivity contribution is 6.06. The largest absolute Gasteiger partial charge is 0.358 e. The summed E-state index contributed by atoms with van der Waals surface area (Å²) in [6.07, 6.45) is 1.92. The zero-order valence-electron chi connectivity index (χ0n) is 10.0. The van der Waals surface area contributed by atoms with Crippen molar-refractivity contribution >= 4 is 17.6 Å². The fourth-order valence-electron chi connectivity index (χ4n) is 1.89. The summed E-state index contributed by atoms with van der Waals surface area (Å²) < 4.78 is 12.7. The smallest absolute Gasteiger partial charge is 0.252 e. The van der Waals surface area contributed by atoms with Crippen molar-refractivity contribution < 1.29 is 14.0 Å². The first-order valence-electron chi connectivity index (χ1n) is 5.84. The monoisotopic (exact) mass is 251 g/mol. The molecule has 1 saturated heterocycles. The third kappa shape index (κ3) is 2.47. The van der Waals surface area contributed by atoms with E-state index in [9.17, 15) is 14.0 Å². The van der Waals surface area contributed by atoms with Gasteiger partial charge in [0.25, 0.3) is 5.91 Å². The molecule has 1 aromatic rings. The average molecular weight is 251 g/mol. The van der Waals surface area contributed by atoms with Crippen molar-refractivity contribution in [1.29, 1.82) is 0 Å². The molecule has 1 aliphatic rings. The average Bonchev–Trinajstić information content (AvgIpc) is 2.60. The second-order valence-corrected chi connectivity index (χ2v) is 4.15. The number of aromatic nitrogens is 1. The molecular formula is C12H14FN3O2. The maximum Gasteiger partial charge on any atom is 0.252 e. The van der Waals surface area contributed by atoms with E-state index in [1.54, 1.807) is 0 Å². The number of hydrogen-bond acceptors (Lipinski definition) is 4. The molecule has 0 radical (unpaired) electrons. The molecule has 0 saturated carbocycles. The van der Waals surface area contributed by atoms with Crippen molar-refractivity contribution in [3.8, 4) is 0 Å². The topological polar surface area (TPSA) is 62.3 Å². The predicted octanol–water partition coefficient (Wildman–Crippen LogP) is 1.17. The fraction of sp³-hybridized carbons (Fsp3) is 0.417. The summed E-state index contributed by atoms with van der Waals surface area (Å²) in [5.74, 6) is -0.475. The standard InChI is InChI=1S/C12H14FN3O2/c1-2-5-16-11(17)6-9(12(16)18)15-10-4-3-8(13)7-14-10/h3-4,7,9H,2,5-6H2,1H3,(H,14,15). The molecule has 2 heterocycles. The Hall–Kier alpha value is -1.98. The van der Waals surface area contributed by atoms with Gasteiger partial charge in [-0.3, -0.25) is 14.5 Å². The Labute approximate surface area is 104 Å². The normalized spacial score (nSPS) is 19.4. The van der Waals surface area contributed by atoms with E-state index in [4.69, 9.17) is 0 Å². The number of hydrogen-bond donors (Lipinski definition) is 1. The Bertz CT molecular complexity index is 461. The second kappa shape index (κ2) is 5.12. The third-order valence-corrected chi connectivity index (χ3v) is 2.74. The van der Waals surface area contributed by atoms with Crippen LogP contribution < -0.4 is 5.32 Å². The van der Waals surface area contributed by atoms with Crippen LogP contribution in [-0.4, -0.2) is 34.3 Å². The van der Waals surface area contributed by atoms with E-state index >= 15 is 0 Å². The fourth-order valence-corrected chi connectivity index (χ4v) is 1.89. The summed E-state index contributed by atoms with van der Waals surface area (Å²) in [6, 6.07) is 2.10. The number of pyridine rings is 1. The van der Waals surface area contributed by atoms with Crippen LogP contribution in [-0.2, 0) is 9.59 Å². The second-order valence-electron chi connectivity index (χ2n) is 4.15. The van der Waals surface area contributed by atoms with E-state index < -0.39 is 11.9 Å². The van der Waals surface area contributed by atoms with Crippen molar-refractivity contribution in [2.75, 3.05) is 11.9 Å². The lowest BCUT2D eigenvalue weighted by molar-refractivity contribution is -0.138. The molecule has 6 heteroatoms. The van der Waals surface area contributed by atoms with Gasteiger partial charge in [-0.1, -0.05) is 6.92 Å². The van der Waals surface area contributed by atoms with E-state index in [0.717, 1.165) is 12.6 Å². The number of anilines is 1. The lowest BCUT2D eigenvalue weighted by Gasteiger charge is -2.14. The van der Waals surface area contributed by atoms with Gasteiger partial charge in [0.15, 0.2) is 0 Å². The molecule has 5 nitrogen and oxygen atoms in total. The van der Waals surface area contributed by atoms with Gasteiger partial charge in [-0.25, -0.2) is 9.37 Å². The van der Waals surface area contributed by atoms with Gasteiger partial charge in [0.05, 0.1) is 12.6 Å². The maximum atomic E-state index is 12.7. The molecule has 1 fully saturated rings. The SMILES string of the molecule is CCCN1C(=O)CC(Nc2ccc(F)cn2)C1=O. The van der Waals surface area contributed by atoms with E-state index in [0.29, 0.717) is 12.4 Å². The Morgan fingerprint density at radius 3 is 2.89 bits per heavy atom. The minimum absolute atomic E-state index is 0.123. The van der Waals surface area contributed by atoms with Gasteiger partial charge < -0.3 is 5.32 Å². The van der Waals surface area contributed by atoms with Crippen molar-refractivity contribution in [3.05, 3.63) is 24.1 Å². The molecular weight excluding hydrogens is 237 g/mol. The van der Waals surface area contributed by atoms with Crippen LogP contribution >= 0.6 is 0 Å². The number of halogens is 1. The van der Waals surface area contributed by atoms with Crippen molar-refractivity contribution in [2.45, 2.75) is 25.8 Å². The van der Waals surface area contributed by atoms with Crippen molar-refractivity contribution in [3.63, 3.8) is 0 Å². The van der Waals surface area contributed by atoms with Gasteiger partial charge in [-0.15, -0.1) is 0 Å². The lowest BCUT2D eigenvalue weighted by Crippen LogP contribution is -2.35. The van der Waals surface area contributed by atoms with Gasteiger partial charge >= 0.3 is 0 Å². The van der Waals surface area contributed by atoms with Crippen LogP contribution in [0.4, 0.5) is 10.2 Å². The molecule has 18 heavy (non-hydrogen) atoms. The minimum atomic E-state index is -0.595. The number of likely N-dealkylation sites (tertiary alicyclic amines) is 1. The van der Waals surface area contributed by atoms with Gasteiger partial charge in [0.1, 0.15) is 17.7 Å². The van der Waals surface area contributed by atoms with Crippen LogP contribution in [0, 0.1) is 5.82 Å². The van der Waals surface area contributed by atoms with E-state index in [1.165, 1.54) is 17.0 Å². The van der Waals surface area contributed by atoms with Crippen molar-refractivity contribution in [2.24, 2.45) is 0 Å². The minimum Gasteiger partial charge on any atom is -0.358 e. The molecule has 96 valence electrons. The summed E-state index contributed by atoms with van der Waals surface area (Å²) in [4.78, 5) is 28.6. The first-order valence-corrected chi connectivity index (χ1v) is 5.84. The third-order valence-electron chi connectivity index (χ3n) is 2.74. The molecule has 1 unspecified atom stereocenters. The maximum absolute atomic E-state index is 12.7. The zero-order valence-corrected chi connectivity index (χ0v) is 10.0. The van der Waals surface area contributed by atoms with E-state index in [-0.39, 0.29) is 18.2 Å². The summed E-state index contributed by atoms with van der Waals surface area (Å²) in [7, 11) is 0. The van der Waals surface area contributed by atoms with Crippen LogP contribution in [0.15, 0.2) is 18.3 Å². The van der Waals surface area contributed by atoms with Crippen LogP contribution in [0.25, 0.3) is 0 Å². The van der Waals surface area contributed by atoms with Crippen LogP contribution in [0.5, 0.6) is 0 Å². The highest BCUT2D eigenvalue weighted by Crippen LogP contribution is 2.17. The summed E-state index contributed by atoms with van der Waals surface area (Å²) in [5.41, 5.74) is 0. The number of nitrogens with zero attached hydrogens (tertiary/aromatic N) is 2. The molecule has 0 spiro atoms. The van der Waals surface area contributed by atoms with Crippen LogP contribution in [0.3, 0.4) is 0 Å². The number of rotatable bonds is 4. The Balaban J connectivity index is 2.05. The Kier molecular flexibility index (Phi) is 3.55. The van der Waals surface area contributed by atoms with E-state index in [2.05, 4.69) is 10.3 Å². The highest BCUT2D eigenvalue weighted by atomic mass is 19.1. The number of nitrogens with one attached hydrogen (secondary N) is 1. The molecule has 1 aromatic heterocycles. The Morgan fingerprint density at radius 2 is 2.28 bits per heavy atom. The van der Waals surface area contributed by atoms with Crippen LogP contribution in [0.2, 0.25) is 0 Å². The number of amides is 2. The van der Waals surface area contributed by atoms with E-state index in [1.807, 2.05) is 6.92 Å². The number of carbonyl (C=O) groups is 2. The predicted molar refractivity (Wildman–Crippen MR) is 63.2 cm³/mol. The number of imide groups is 1. The van der Waals surface area contributed by atoms with Gasteiger partial charge in [-0.05, 0) is 18.6 Å². The summed E-state index contributed by atoms with van der Waals surface area (Å²) in [5, 5.41) is 2.85. The quantitative estimate of drug-likeness (QED) is 0.816. The molecule has 1 N–H and O–H groups in total. The molecule has 1 atom stereocenters. The molecule has 1 aliphatic heterocycles. The first kappa shape index (κ1) is 12.5. The molecule has 0 bridgehead atoms. The van der Waals surface area contributed by atoms with Gasteiger partial charge in [0.2, 0.25) is 5.91 Å². The molecule has 2 amide bonds. The molecule has 2 rings (SSSR count). The zero-order chi connectivity index (χ0) is 13.1. The molecule has 0 aromatic carbocycles.